The molecule has 2 heterocycles. The summed E-state index contributed by atoms with van der Waals surface area (Å²) in [4.78, 5) is 7.16. The van der Waals surface area contributed by atoms with E-state index in [-0.39, 0.29) is 6.04 Å². The summed E-state index contributed by atoms with van der Waals surface area (Å²) in [7, 11) is 0. The van der Waals surface area contributed by atoms with Crippen LogP contribution < -0.4 is 5.32 Å². The molecule has 0 amide bonds. The second-order valence-corrected chi connectivity index (χ2v) is 6.26. The van der Waals surface area contributed by atoms with Crippen LogP contribution in [0.15, 0.2) is 48.7 Å². The number of hydrogen-bond acceptors (Lipinski definition) is 3. The smallest absolute Gasteiger partial charge is 0.0777 e. The van der Waals surface area contributed by atoms with E-state index in [1.54, 1.807) is 0 Å². The Labute approximate surface area is 133 Å². The molecule has 0 saturated carbocycles. The summed E-state index contributed by atoms with van der Waals surface area (Å²) >= 11 is 0. The van der Waals surface area contributed by atoms with Crippen molar-refractivity contribution in [1.82, 2.24) is 15.2 Å². The molecule has 1 aliphatic rings. The van der Waals surface area contributed by atoms with Gasteiger partial charge in [-0.3, -0.25) is 9.88 Å². The van der Waals surface area contributed by atoms with E-state index in [1.807, 2.05) is 12.3 Å². The highest BCUT2D eigenvalue weighted by Crippen LogP contribution is 2.28. The fourth-order valence-corrected chi connectivity index (χ4v) is 3.11. The molecule has 22 heavy (non-hydrogen) atoms. The Hall–Kier alpha value is -1.71. The molecule has 1 N–H and O–H groups in total. The van der Waals surface area contributed by atoms with Crippen LogP contribution in [0.4, 0.5) is 0 Å². The maximum absolute atomic E-state index is 4.63. The zero-order valence-corrected chi connectivity index (χ0v) is 13.5. The summed E-state index contributed by atoms with van der Waals surface area (Å²) in [6.45, 7) is 8.70. The third kappa shape index (κ3) is 3.37. The molecule has 0 spiro atoms. The van der Waals surface area contributed by atoms with E-state index in [0.29, 0.717) is 5.92 Å². The first-order valence-corrected chi connectivity index (χ1v) is 8.21. The van der Waals surface area contributed by atoms with E-state index < -0.39 is 0 Å². The number of benzene rings is 1. The minimum atomic E-state index is 0.254. The van der Waals surface area contributed by atoms with Gasteiger partial charge in [-0.15, -0.1) is 0 Å². The van der Waals surface area contributed by atoms with E-state index in [9.17, 15) is 0 Å². The Morgan fingerprint density at radius 3 is 2.23 bits per heavy atom. The summed E-state index contributed by atoms with van der Waals surface area (Å²) in [5.74, 6) is 0.571. The number of pyridine rings is 1. The van der Waals surface area contributed by atoms with Gasteiger partial charge in [-0.2, -0.15) is 0 Å². The first-order chi connectivity index (χ1) is 10.8. The average molecular weight is 295 g/mol. The molecular formula is C19H25N3. The molecule has 1 fully saturated rings. The molecule has 1 saturated heterocycles. The third-order valence-electron chi connectivity index (χ3n) is 4.40. The minimum Gasteiger partial charge on any atom is -0.314 e. The van der Waals surface area contributed by atoms with Gasteiger partial charge >= 0.3 is 0 Å². The molecular weight excluding hydrogens is 270 g/mol. The van der Waals surface area contributed by atoms with Gasteiger partial charge in [0.05, 0.1) is 11.7 Å². The minimum absolute atomic E-state index is 0.254. The van der Waals surface area contributed by atoms with Crippen LogP contribution in [0.25, 0.3) is 0 Å². The van der Waals surface area contributed by atoms with E-state index in [0.717, 1.165) is 31.9 Å². The Morgan fingerprint density at radius 1 is 0.955 bits per heavy atom. The number of aromatic nitrogens is 1. The summed E-state index contributed by atoms with van der Waals surface area (Å²) in [6.07, 6.45) is 1.90. The first-order valence-electron chi connectivity index (χ1n) is 8.21. The second kappa shape index (κ2) is 7.03. The topological polar surface area (TPSA) is 28.2 Å². The highest BCUT2D eigenvalue weighted by molar-refractivity contribution is 5.32. The SMILES string of the molecule is CC(C)c1ccc(C(c2ccccn2)N2CCNCC2)cc1. The molecule has 1 atom stereocenters. The normalized spacial score (nSPS) is 17.6. The van der Waals surface area contributed by atoms with Gasteiger partial charge in [0, 0.05) is 32.4 Å². The summed E-state index contributed by atoms with van der Waals surface area (Å²) in [6, 6.07) is 15.5. The number of nitrogens with zero attached hydrogens (tertiary/aromatic N) is 2. The lowest BCUT2D eigenvalue weighted by Crippen LogP contribution is -2.45. The molecule has 0 aliphatic carbocycles. The molecule has 1 aromatic heterocycles. The highest BCUT2D eigenvalue weighted by atomic mass is 15.2. The van der Waals surface area contributed by atoms with Crippen molar-refractivity contribution in [1.29, 1.82) is 0 Å². The summed E-state index contributed by atoms with van der Waals surface area (Å²) in [5, 5.41) is 3.43. The maximum Gasteiger partial charge on any atom is 0.0777 e. The maximum atomic E-state index is 4.63. The molecule has 1 aliphatic heterocycles. The van der Waals surface area contributed by atoms with Crippen molar-refractivity contribution in [3.8, 4) is 0 Å². The van der Waals surface area contributed by atoms with Crippen LogP contribution in [0.2, 0.25) is 0 Å². The molecule has 3 rings (SSSR count). The van der Waals surface area contributed by atoms with E-state index in [4.69, 9.17) is 0 Å². The van der Waals surface area contributed by atoms with E-state index >= 15 is 0 Å². The third-order valence-corrected chi connectivity index (χ3v) is 4.40. The van der Waals surface area contributed by atoms with Crippen LogP contribution in [0.3, 0.4) is 0 Å². The van der Waals surface area contributed by atoms with Crippen molar-refractivity contribution in [3.63, 3.8) is 0 Å². The zero-order chi connectivity index (χ0) is 15.4. The Balaban J connectivity index is 1.93. The molecule has 3 nitrogen and oxygen atoms in total. The highest BCUT2D eigenvalue weighted by Gasteiger charge is 2.24. The van der Waals surface area contributed by atoms with Crippen molar-refractivity contribution in [2.45, 2.75) is 25.8 Å². The van der Waals surface area contributed by atoms with Crippen LogP contribution in [-0.4, -0.2) is 36.1 Å². The van der Waals surface area contributed by atoms with E-state index in [2.05, 4.69) is 65.4 Å². The fraction of sp³-hybridized carbons (Fsp3) is 0.421. The average Bonchev–Trinajstić information content (AvgIpc) is 2.57. The van der Waals surface area contributed by atoms with E-state index in [1.165, 1.54) is 11.1 Å². The molecule has 3 heteroatoms. The van der Waals surface area contributed by atoms with Crippen molar-refractivity contribution in [2.24, 2.45) is 0 Å². The van der Waals surface area contributed by atoms with Crippen molar-refractivity contribution in [2.75, 3.05) is 26.2 Å². The Kier molecular flexibility index (Phi) is 4.86. The van der Waals surface area contributed by atoms with Gasteiger partial charge in [-0.25, -0.2) is 0 Å². The van der Waals surface area contributed by atoms with Crippen LogP contribution >= 0.6 is 0 Å². The quantitative estimate of drug-likeness (QED) is 0.939. The molecule has 0 bridgehead atoms. The molecule has 116 valence electrons. The largest absolute Gasteiger partial charge is 0.314 e. The number of nitrogens with one attached hydrogen (secondary N) is 1. The van der Waals surface area contributed by atoms with Crippen LogP contribution in [0.5, 0.6) is 0 Å². The van der Waals surface area contributed by atoms with Gasteiger partial charge in [-0.05, 0) is 29.2 Å². The second-order valence-electron chi connectivity index (χ2n) is 6.26. The molecule has 0 radical (unpaired) electrons. The zero-order valence-electron chi connectivity index (χ0n) is 13.5. The van der Waals surface area contributed by atoms with Crippen molar-refractivity contribution in [3.05, 3.63) is 65.5 Å². The monoisotopic (exact) mass is 295 g/mol. The van der Waals surface area contributed by atoms with Gasteiger partial charge in [0.2, 0.25) is 0 Å². The molecule has 1 unspecified atom stereocenters. The lowest BCUT2D eigenvalue weighted by atomic mass is 9.96. The number of hydrogen-bond donors (Lipinski definition) is 1. The number of piperazine rings is 1. The van der Waals surface area contributed by atoms with Gasteiger partial charge < -0.3 is 5.32 Å². The Bertz CT molecular complexity index is 571. The molecule has 2 aromatic rings. The van der Waals surface area contributed by atoms with Gasteiger partial charge in [0.1, 0.15) is 0 Å². The standard InChI is InChI=1S/C19H25N3/c1-15(2)16-6-8-17(9-7-16)19(18-5-3-4-10-21-18)22-13-11-20-12-14-22/h3-10,15,19-20H,11-14H2,1-2H3. The van der Waals surface area contributed by atoms with Crippen molar-refractivity contribution < 1.29 is 0 Å². The molecule has 1 aromatic carbocycles. The Morgan fingerprint density at radius 2 is 1.64 bits per heavy atom. The summed E-state index contributed by atoms with van der Waals surface area (Å²) in [5.41, 5.74) is 3.87. The fourth-order valence-electron chi connectivity index (χ4n) is 3.11. The van der Waals surface area contributed by atoms with Gasteiger partial charge in [-0.1, -0.05) is 44.2 Å². The predicted molar refractivity (Wildman–Crippen MR) is 91.1 cm³/mol. The predicted octanol–water partition coefficient (Wildman–Crippen LogP) is 3.20. The number of rotatable bonds is 4. The van der Waals surface area contributed by atoms with Crippen LogP contribution in [0.1, 0.15) is 42.6 Å². The van der Waals surface area contributed by atoms with Gasteiger partial charge in [0.25, 0.3) is 0 Å². The first kappa shape index (κ1) is 15.2. The van der Waals surface area contributed by atoms with Crippen LogP contribution in [-0.2, 0) is 0 Å². The van der Waals surface area contributed by atoms with Crippen molar-refractivity contribution >= 4 is 0 Å². The van der Waals surface area contributed by atoms with Gasteiger partial charge in [0.15, 0.2) is 0 Å². The summed E-state index contributed by atoms with van der Waals surface area (Å²) < 4.78 is 0. The van der Waals surface area contributed by atoms with Crippen LogP contribution in [0, 0.1) is 0 Å². The lowest BCUT2D eigenvalue weighted by molar-refractivity contribution is 0.195. The lowest BCUT2D eigenvalue weighted by Gasteiger charge is -2.35.